The normalized spacial score (nSPS) is 14.4. The van der Waals surface area contributed by atoms with Crippen LogP contribution in [0.25, 0.3) is 0 Å². The van der Waals surface area contributed by atoms with Gasteiger partial charge in [-0.1, -0.05) is 0 Å². The van der Waals surface area contributed by atoms with Crippen LogP contribution in [0, 0.1) is 5.92 Å². The maximum absolute atomic E-state index is 12.3. The van der Waals surface area contributed by atoms with Crippen molar-refractivity contribution in [2.75, 3.05) is 33.4 Å². The number of piperidine rings is 1. The van der Waals surface area contributed by atoms with E-state index in [1.165, 1.54) is 13.2 Å². The maximum atomic E-state index is 12.3. The van der Waals surface area contributed by atoms with Gasteiger partial charge in [0, 0.05) is 13.1 Å². The maximum Gasteiger partial charge on any atom is 0.338 e. The predicted molar refractivity (Wildman–Crippen MR) is 105 cm³/mol. The standard InChI is InChI=1S/C21H29NO7/c1-5-27-20(24)15-8-10-22(11-9-15)19(23)13-28-21(25)16-6-7-17(29-14(2)3)18(12-16)26-4/h6-7,12,14-15H,5,8-11,13H2,1-4H3. The number of rotatable bonds is 8. The van der Waals surface area contributed by atoms with Gasteiger partial charge in [0.05, 0.1) is 31.3 Å². The second-order valence-corrected chi connectivity index (χ2v) is 7.02. The summed E-state index contributed by atoms with van der Waals surface area (Å²) in [6.45, 7) is 6.43. The molecule has 29 heavy (non-hydrogen) atoms. The second-order valence-electron chi connectivity index (χ2n) is 7.02. The van der Waals surface area contributed by atoms with Gasteiger partial charge >= 0.3 is 11.9 Å². The number of ether oxygens (including phenoxy) is 4. The SMILES string of the molecule is CCOC(=O)C1CCN(C(=O)COC(=O)c2ccc(OC(C)C)c(OC)c2)CC1. The van der Waals surface area contributed by atoms with Crippen molar-refractivity contribution in [2.45, 2.75) is 39.7 Å². The number of methoxy groups -OCH3 is 1. The van der Waals surface area contributed by atoms with Crippen LogP contribution in [0.2, 0.25) is 0 Å². The highest BCUT2D eigenvalue weighted by Gasteiger charge is 2.28. The van der Waals surface area contributed by atoms with Crippen molar-refractivity contribution in [2.24, 2.45) is 5.92 Å². The molecule has 0 radical (unpaired) electrons. The summed E-state index contributed by atoms with van der Waals surface area (Å²) in [5, 5.41) is 0. The van der Waals surface area contributed by atoms with E-state index in [1.807, 2.05) is 13.8 Å². The fourth-order valence-electron chi connectivity index (χ4n) is 3.07. The Bertz CT molecular complexity index is 724. The van der Waals surface area contributed by atoms with Crippen LogP contribution in [0.15, 0.2) is 18.2 Å². The lowest BCUT2D eigenvalue weighted by molar-refractivity contribution is -0.151. The molecule has 1 aliphatic rings. The van der Waals surface area contributed by atoms with E-state index in [0.717, 1.165) is 0 Å². The molecule has 0 N–H and O–H groups in total. The summed E-state index contributed by atoms with van der Waals surface area (Å²) in [5.41, 5.74) is 0.270. The fourth-order valence-corrected chi connectivity index (χ4v) is 3.07. The number of carbonyl (C=O) groups excluding carboxylic acids is 3. The topological polar surface area (TPSA) is 91.4 Å². The van der Waals surface area contributed by atoms with Crippen LogP contribution in [0.1, 0.15) is 44.0 Å². The minimum Gasteiger partial charge on any atom is -0.493 e. The van der Waals surface area contributed by atoms with E-state index < -0.39 is 5.97 Å². The fraction of sp³-hybridized carbons (Fsp3) is 0.571. The summed E-state index contributed by atoms with van der Waals surface area (Å²) in [4.78, 5) is 38.0. The molecular formula is C21H29NO7. The Morgan fingerprint density at radius 2 is 1.79 bits per heavy atom. The monoisotopic (exact) mass is 407 g/mol. The molecule has 8 heteroatoms. The smallest absolute Gasteiger partial charge is 0.338 e. The van der Waals surface area contributed by atoms with Gasteiger partial charge in [0.1, 0.15) is 0 Å². The Morgan fingerprint density at radius 1 is 1.10 bits per heavy atom. The van der Waals surface area contributed by atoms with Crippen molar-refractivity contribution in [3.63, 3.8) is 0 Å². The van der Waals surface area contributed by atoms with Crippen LogP contribution < -0.4 is 9.47 Å². The van der Waals surface area contributed by atoms with Crippen molar-refractivity contribution >= 4 is 17.8 Å². The molecular weight excluding hydrogens is 378 g/mol. The lowest BCUT2D eigenvalue weighted by Gasteiger charge is -2.30. The molecule has 1 fully saturated rings. The van der Waals surface area contributed by atoms with Gasteiger partial charge in [-0.05, 0) is 51.8 Å². The summed E-state index contributed by atoms with van der Waals surface area (Å²) in [6.07, 6.45) is 1.06. The van der Waals surface area contributed by atoms with Crippen molar-refractivity contribution < 1.29 is 33.3 Å². The van der Waals surface area contributed by atoms with Gasteiger partial charge in [-0.15, -0.1) is 0 Å². The number of hydrogen-bond donors (Lipinski definition) is 0. The zero-order valence-electron chi connectivity index (χ0n) is 17.4. The minimum atomic E-state index is -0.617. The average molecular weight is 407 g/mol. The van der Waals surface area contributed by atoms with E-state index in [0.29, 0.717) is 44.0 Å². The first-order valence-corrected chi connectivity index (χ1v) is 9.81. The second kappa shape index (κ2) is 10.7. The van der Waals surface area contributed by atoms with E-state index in [9.17, 15) is 14.4 Å². The number of carbonyl (C=O) groups is 3. The van der Waals surface area contributed by atoms with Gasteiger partial charge in [0.25, 0.3) is 5.91 Å². The first-order chi connectivity index (χ1) is 13.8. The third-order valence-electron chi connectivity index (χ3n) is 4.56. The Kier molecular flexibility index (Phi) is 8.30. The van der Waals surface area contributed by atoms with Crippen LogP contribution >= 0.6 is 0 Å². The number of amides is 1. The number of hydrogen-bond acceptors (Lipinski definition) is 7. The summed E-state index contributed by atoms with van der Waals surface area (Å²) in [5.74, 6) is -0.355. The Balaban J connectivity index is 1.86. The van der Waals surface area contributed by atoms with Crippen LogP contribution in [0.4, 0.5) is 0 Å². The van der Waals surface area contributed by atoms with Gasteiger partial charge in [0.2, 0.25) is 0 Å². The summed E-state index contributed by atoms with van der Waals surface area (Å²) in [6, 6.07) is 4.73. The molecule has 8 nitrogen and oxygen atoms in total. The van der Waals surface area contributed by atoms with Gasteiger partial charge in [-0.25, -0.2) is 4.79 Å². The van der Waals surface area contributed by atoms with Crippen molar-refractivity contribution in [3.05, 3.63) is 23.8 Å². The van der Waals surface area contributed by atoms with E-state index in [4.69, 9.17) is 18.9 Å². The number of benzene rings is 1. The Morgan fingerprint density at radius 3 is 2.38 bits per heavy atom. The van der Waals surface area contributed by atoms with E-state index in [1.54, 1.807) is 24.0 Å². The van der Waals surface area contributed by atoms with Crippen LogP contribution in [0.3, 0.4) is 0 Å². The van der Waals surface area contributed by atoms with Crippen LogP contribution in [-0.2, 0) is 19.1 Å². The summed E-state index contributed by atoms with van der Waals surface area (Å²) < 4.78 is 21.1. The van der Waals surface area contributed by atoms with Crippen LogP contribution in [-0.4, -0.2) is 62.3 Å². The predicted octanol–water partition coefficient (Wildman–Crippen LogP) is 2.44. The number of nitrogens with zero attached hydrogens (tertiary/aromatic N) is 1. The summed E-state index contributed by atoms with van der Waals surface area (Å²) >= 11 is 0. The molecule has 1 aromatic carbocycles. The molecule has 160 valence electrons. The molecule has 0 aromatic heterocycles. The molecule has 0 spiro atoms. The molecule has 2 rings (SSSR count). The molecule has 0 saturated carbocycles. The van der Waals surface area contributed by atoms with E-state index in [-0.39, 0.29) is 36.1 Å². The van der Waals surface area contributed by atoms with E-state index in [2.05, 4.69) is 0 Å². The third-order valence-corrected chi connectivity index (χ3v) is 4.56. The minimum absolute atomic E-state index is 0.0349. The lowest BCUT2D eigenvalue weighted by Crippen LogP contribution is -2.42. The van der Waals surface area contributed by atoms with Crippen molar-refractivity contribution in [3.8, 4) is 11.5 Å². The lowest BCUT2D eigenvalue weighted by atomic mass is 9.97. The van der Waals surface area contributed by atoms with Crippen molar-refractivity contribution in [1.82, 2.24) is 4.90 Å². The molecule has 0 unspecified atom stereocenters. The number of esters is 2. The first-order valence-electron chi connectivity index (χ1n) is 9.81. The zero-order chi connectivity index (χ0) is 21.4. The average Bonchev–Trinajstić information content (AvgIpc) is 2.71. The number of likely N-dealkylation sites (tertiary alicyclic amines) is 1. The first kappa shape index (κ1) is 22.5. The zero-order valence-corrected chi connectivity index (χ0v) is 17.4. The highest BCUT2D eigenvalue weighted by atomic mass is 16.5. The van der Waals surface area contributed by atoms with Gasteiger partial charge in [-0.3, -0.25) is 9.59 Å². The molecule has 1 heterocycles. The highest BCUT2D eigenvalue weighted by molar-refractivity contribution is 5.92. The summed E-state index contributed by atoms with van der Waals surface area (Å²) in [7, 11) is 1.49. The quantitative estimate of drug-likeness (QED) is 0.611. The van der Waals surface area contributed by atoms with Gasteiger partial charge in [0.15, 0.2) is 18.1 Å². The Labute approximate surface area is 171 Å². The highest BCUT2D eigenvalue weighted by Crippen LogP contribution is 2.29. The molecule has 1 amide bonds. The molecule has 0 bridgehead atoms. The van der Waals surface area contributed by atoms with Gasteiger partial charge in [-0.2, -0.15) is 0 Å². The molecule has 1 saturated heterocycles. The van der Waals surface area contributed by atoms with E-state index >= 15 is 0 Å². The van der Waals surface area contributed by atoms with Crippen molar-refractivity contribution in [1.29, 1.82) is 0 Å². The molecule has 1 aromatic rings. The molecule has 0 aliphatic carbocycles. The third kappa shape index (κ3) is 6.37. The molecule has 1 aliphatic heterocycles. The van der Waals surface area contributed by atoms with Gasteiger partial charge < -0.3 is 23.8 Å². The largest absolute Gasteiger partial charge is 0.493 e. The Hall–Kier alpha value is -2.77. The molecule has 0 atom stereocenters. The van der Waals surface area contributed by atoms with Crippen LogP contribution in [0.5, 0.6) is 11.5 Å².